The third kappa shape index (κ3) is 3.92. The first kappa shape index (κ1) is 19.6. The molecule has 0 saturated carbocycles. The zero-order valence-electron chi connectivity index (χ0n) is 15.0. The summed E-state index contributed by atoms with van der Waals surface area (Å²) in [6, 6.07) is 12.7. The maximum Gasteiger partial charge on any atom is 0.416 e. The number of carbonyl (C=O) groups is 1. The summed E-state index contributed by atoms with van der Waals surface area (Å²) in [7, 11) is 0. The van der Waals surface area contributed by atoms with E-state index < -0.39 is 17.8 Å². The van der Waals surface area contributed by atoms with Crippen molar-refractivity contribution in [3.05, 3.63) is 76.5 Å². The molecular formula is C21H18F3N3O. The van der Waals surface area contributed by atoms with Crippen LogP contribution in [-0.4, -0.2) is 5.78 Å². The number of carbonyl (C=O) groups excluding carboxylic acids is 1. The number of ketones is 1. The van der Waals surface area contributed by atoms with Crippen molar-refractivity contribution in [1.82, 2.24) is 0 Å². The number of Topliss-reactive ketones (excluding diaryl/α,β-unsaturated/α-hetero) is 1. The van der Waals surface area contributed by atoms with Crippen LogP contribution in [0.3, 0.4) is 0 Å². The first-order valence-electron chi connectivity index (χ1n) is 8.68. The van der Waals surface area contributed by atoms with Gasteiger partial charge in [-0.05, 0) is 42.3 Å². The molecule has 0 aromatic heterocycles. The van der Waals surface area contributed by atoms with Gasteiger partial charge in [0, 0.05) is 22.9 Å². The molecule has 1 aliphatic rings. The van der Waals surface area contributed by atoms with Gasteiger partial charge in [-0.3, -0.25) is 4.79 Å². The fraction of sp³-hybridized carbons (Fsp3) is 0.238. The maximum absolute atomic E-state index is 13.0. The van der Waals surface area contributed by atoms with Crippen LogP contribution in [0.4, 0.5) is 18.9 Å². The molecule has 1 aliphatic carbocycles. The predicted molar refractivity (Wildman–Crippen MR) is 99.0 cm³/mol. The number of nitriles is 1. The van der Waals surface area contributed by atoms with E-state index in [9.17, 15) is 18.0 Å². The summed E-state index contributed by atoms with van der Waals surface area (Å²) in [5.41, 5.74) is 7.78. The number of halogens is 3. The Kier molecular flexibility index (Phi) is 5.25. The monoisotopic (exact) mass is 385 g/mol. The molecule has 0 fully saturated rings. The van der Waals surface area contributed by atoms with Crippen LogP contribution in [0.25, 0.3) is 0 Å². The molecule has 28 heavy (non-hydrogen) atoms. The number of benzene rings is 2. The van der Waals surface area contributed by atoms with Gasteiger partial charge < -0.3 is 11.1 Å². The summed E-state index contributed by atoms with van der Waals surface area (Å²) < 4.78 is 38.9. The van der Waals surface area contributed by atoms with E-state index in [-0.39, 0.29) is 17.4 Å². The third-order valence-corrected chi connectivity index (χ3v) is 4.74. The lowest BCUT2D eigenvalue weighted by Crippen LogP contribution is -2.20. The van der Waals surface area contributed by atoms with Crippen LogP contribution in [0.15, 0.2) is 59.8 Å². The lowest BCUT2D eigenvalue weighted by atomic mass is 9.95. The average molecular weight is 385 g/mol. The van der Waals surface area contributed by atoms with Crippen molar-refractivity contribution in [3.8, 4) is 6.07 Å². The largest absolute Gasteiger partial charge is 0.416 e. The van der Waals surface area contributed by atoms with Gasteiger partial charge in [0.1, 0.15) is 0 Å². The number of alkyl halides is 3. The van der Waals surface area contributed by atoms with E-state index in [1.165, 1.54) is 12.1 Å². The van der Waals surface area contributed by atoms with Crippen LogP contribution >= 0.6 is 0 Å². The minimum atomic E-state index is -4.45. The second-order valence-corrected chi connectivity index (χ2v) is 6.78. The Morgan fingerprint density at radius 2 is 1.89 bits per heavy atom. The standard InChI is InChI=1S/C21H18F3N3O/c1-12-9-17(27-16-4-2-3-15(10-16)21(22,23)24)18(20(12)28)19(26)14-7-5-13(11-25)6-8-14/h2-8,10,12,19,27H,9,26H2,1H3. The lowest BCUT2D eigenvalue weighted by Gasteiger charge is -2.17. The first-order valence-corrected chi connectivity index (χ1v) is 8.68. The van der Waals surface area contributed by atoms with E-state index >= 15 is 0 Å². The Morgan fingerprint density at radius 1 is 1.21 bits per heavy atom. The van der Waals surface area contributed by atoms with Crippen LogP contribution in [0.2, 0.25) is 0 Å². The number of nitrogens with zero attached hydrogens (tertiary/aromatic N) is 1. The third-order valence-electron chi connectivity index (χ3n) is 4.74. The molecule has 2 unspecified atom stereocenters. The quantitative estimate of drug-likeness (QED) is 0.809. The topological polar surface area (TPSA) is 78.9 Å². The average Bonchev–Trinajstić information content (AvgIpc) is 2.94. The van der Waals surface area contributed by atoms with Crippen molar-refractivity contribution in [1.29, 1.82) is 5.26 Å². The van der Waals surface area contributed by atoms with Crippen molar-refractivity contribution in [2.24, 2.45) is 11.7 Å². The smallest absolute Gasteiger partial charge is 0.358 e. The highest BCUT2D eigenvalue weighted by molar-refractivity contribution is 6.02. The van der Waals surface area contributed by atoms with Crippen LogP contribution < -0.4 is 11.1 Å². The van der Waals surface area contributed by atoms with Crippen LogP contribution in [0.1, 0.15) is 36.1 Å². The molecule has 0 aliphatic heterocycles. The number of nitrogens with two attached hydrogens (primary N) is 1. The molecule has 0 heterocycles. The first-order chi connectivity index (χ1) is 13.2. The number of rotatable bonds is 4. The molecule has 2 aromatic carbocycles. The highest BCUT2D eigenvalue weighted by atomic mass is 19.4. The number of anilines is 1. The number of hydrogen-bond donors (Lipinski definition) is 2. The van der Waals surface area contributed by atoms with E-state index in [4.69, 9.17) is 11.0 Å². The number of allylic oxidation sites excluding steroid dienone is 1. The second kappa shape index (κ2) is 7.49. The van der Waals surface area contributed by atoms with Gasteiger partial charge in [0.2, 0.25) is 0 Å². The molecule has 144 valence electrons. The van der Waals surface area contributed by atoms with Gasteiger partial charge in [0.25, 0.3) is 0 Å². The Morgan fingerprint density at radius 3 is 2.50 bits per heavy atom. The Hall–Kier alpha value is -3.11. The van der Waals surface area contributed by atoms with Crippen LogP contribution in [0.5, 0.6) is 0 Å². The highest BCUT2D eigenvalue weighted by Gasteiger charge is 2.35. The minimum absolute atomic E-state index is 0.133. The van der Waals surface area contributed by atoms with Crippen molar-refractivity contribution in [2.75, 3.05) is 5.32 Å². The fourth-order valence-corrected chi connectivity index (χ4v) is 3.26. The minimum Gasteiger partial charge on any atom is -0.358 e. The highest BCUT2D eigenvalue weighted by Crippen LogP contribution is 2.37. The number of hydrogen-bond acceptors (Lipinski definition) is 4. The molecule has 0 radical (unpaired) electrons. The normalized spacial score (nSPS) is 18.1. The van der Waals surface area contributed by atoms with Crippen molar-refractivity contribution >= 4 is 11.5 Å². The van der Waals surface area contributed by atoms with Gasteiger partial charge in [-0.25, -0.2) is 0 Å². The molecule has 3 rings (SSSR count). The Bertz CT molecular complexity index is 972. The molecule has 0 bridgehead atoms. The molecule has 7 heteroatoms. The van der Waals surface area contributed by atoms with Crippen molar-refractivity contribution in [3.63, 3.8) is 0 Å². The Labute approximate surface area is 160 Å². The van der Waals surface area contributed by atoms with Crippen LogP contribution in [0, 0.1) is 17.2 Å². The predicted octanol–water partition coefficient (Wildman–Crippen LogP) is 4.55. The summed E-state index contributed by atoms with van der Waals surface area (Å²) in [5.74, 6) is -0.445. The molecule has 0 saturated heterocycles. The van der Waals surface area contributed by atoms with E-state index in [1.54, 1.807) is 31.2 Å². The van der Waals surface area contributed by atoms with E-state index in [2.05, 4.69) is 5.32 Å². The van der Waals surface area contributed by atoms with Gasteiger partial charge in [-0.2, -0.15) is 18.4 Å². The molecule has 2 aromatic rings. The SMILES string of the molecule is CC1CC(Nc2cccc(C(F)(F)F)c2)=C(C(N)c2ccc(C#N)cc2)C1=O. The van der Waals surface area contributed by atoms with E-state index in [1.807, 2.05) is 6.07 Å². The van der Waals surface area contributed by atoms with Gasteiger partial charge in [-0.15, -0.1) is 0 Å². The molecular weight excluding hydrogens is 367 g/mol. The maximum atomic E-state index is 13.0. The van der Waals surface area contributed by atoms with Gasteiger partial charge in [-0.1, -0.05) is 25.1 Å². The number of nitrogens with one attached hydrogen (secondary N) is 1. The zero-order valence-corrected chi connectivity index (χ0v) is 15.0. The van der Waals surface area contributed by atoms with E-state index in [0.717, 1.165) is 12.1 Å². The molecule has 4 nitrogen and oxygen atoms in total. The lowest BCUT2D eigenvalue weighted by molar-refractivity contribution is -0.137. The summed E-state index contributed by atoms with van der Waals surface area (Å²) in [4.78, 5) is 12.7. The molecule has 3 N–H and O–H groups in total. The molecule has 0 amide bonds. The summed E-state index contributed by atoms with van der Waals surface area (Å²) >= 11 is 0. The van der Waals surface area contributed by atoms with Gasteiger partial charge in [0.05, 0.1) is 23.2 Å². The second-order valence-electron chi connectivity index (χ2n) is 6.78. The zero-order chi connectivity index (χ0) is 20.5. The van der Waals surface area contributed by atoms with Gasteiger partial charge in [0.15, 0.2) is 5.78 Å². The van der Waals surface area contributed by atoms with Crippen molar-refractivity contribution in [2.45, 2.75) is 25.6 Å². The summed E-state index contributed by atoms with van der Waals surface area (Å²) in [6.07, 6.45) is -4.08. The fourth-order valence-electron chi connectivity index (χ4n) is 3.26. The van der Waals surface area contributed by atoms with Crippen LogP contribution in [-0.2, 0) is 11.0 Å². The van der Waals surface area contributed by atoms with Crippen molar-refractivity contribution < 1.29 is 18.0 Å². The molecule has 2 atom stereocenters. The summed E-state index contributed by atoms with van der Waals surface area (Å²) in [5, 5.41) is 11.9. The Balaban J connectivity index is 1.95. The van der Waals surface area contributed by atoms with E-state index in [0.29, 0.717) is 28.8 Å². The van der Waals surface area contributed by atoms with Gasteiger partial charge >= 0.3 is 6.18 Å². The molecule has 0 spiro atoms. The summed E-state index contributed by atoms with van der Waals surface area (Å²) in [6.45, 7) is 1.76.